The smallest absolute Gasteiger partial charge is 0.339 e. The largest absolute Gasteiger partial charge is 0.493 e. The van der Waals surface area contributed by atoms with E-state index in [-0.39, 0.29) is 12.2 Å². The first-order valence-electron chi connectivity index (χ1n) is 9.74. The molecule has 3 aromatic carbocycles. The molecule has 0 fully saturated rings. The van der Waals surface area contributed by atoms with Crippen molar-refractivity contribution in [2.24, 2.45) is 5.10 Å². The Morgan fingerprint density at radius 3 is 2.38 bits per heavy atom. The first-order valence-corrected chi connectivity index (χ1v) is 9.74. The summed E-state index contributed by atoms with van der Waals surface area (Å²) < 4.78 is 11.2. The van der Waals surface area contributed by atoms with Gasteiger partial charge in [-0.25, -0.2) is 15.0 Å². The number of aryl methyl sites for hydroxylation is 1. The Labute approximate surface area is 185 Å². The van der Waals surface area contributed by atoms with Crippen molar-refractivity contribution in [3.8, 4) is 11.5 Å². The molecular formula is C24H23N3O5. The van der Waals surface area contributed by atoms with Gasteiger partial charge in [0.15, 0.2) is 11.5 Å². The van der Waals surface area contributed by atoms with Gasteiger partial charge in [-0.05, 0) is 60.5 Å². The quantitative estimate of drug-likeness (QED) is 0.360. The summed E-state index contributed by atoms with van der Waals surface area (Å²) in [7, 11) is 1.53. The molecule has 2 amide bonds. The molecule has 164 valence electrons. The zero-order valence-electron chi connectivity index (χ0n) is 17.7. The van der Waals surface area contributed by atoms with Crippen molar-refractivity contribution < 1.29 is 24.2 Å². The molecule has 32 heavy (non-hydrogen) atoms. The van der Waals surface area contributed by atoms with E-state index in [2.05, 4.69) is 15.8 Å². The standard InChI is InChI=1S/C24H23N3O5/c1-16-3-10-20(11-4-16)26-24(30)27-25-14-18-7-12-21(22(13-18)31-2)32-15-17-5-8-19(9-6-17)23(28)29/h3-14H,15H2,1-2H3,(H,28,29)(H2,26,27,30)/b25-14+. The van der Waals surface area contributed by atoms with E-state index in [1.807, 2.05) is 31.2 Å². The predicted molar refractivity (Wildman–Crippen MR) is 122 cm³/mol. The van der Waals surface area contributed by atoms with Crippen molar-refractivity contribution in [3.05, 3.63) is 89.0 Å². The van der Waals surface area contributed by atoms with Crippen molar-refractivity contribution in [1.82, 2.24) is 5.43 Å². The Balaban J connectivity index is 1.56. The number of urea groups is 1. The molecule has 0 spiro atoms. The van der Waals surface area contributed by atoms with Crippen molar-refractivity contribution >= 4 is 23.9 Å². The molecular weight excluding hydrogens is 410 g/mol. The summed E-state index contributed by atoms with van der Waals surface area (Å²) in [4.78, 5) is 22.9. The van der Waals surface area contributed by atoms with Gasteiger partial charge >= 0.3 is 12.0 Å². The predicted octanol–water partition coefficient (Wildman–Crippen LogP) is 4.44. The summed E-state index contributed by atoms with van der Waals surface area (Å²) in [6, 6.07) is 18.7. The minimum atomic E-state index is -0.974. The molecule has 0 aliphatic heterocycles. The van der Waals surface area contributed by atoms with Crippen LogP contribution in [0.3, 0.4) is 0 Å². The Kier molecular flexibility index (Phi) is 7.42. The first kappa shape index (κ1) is 22.4. The van der Waals surface area contributed by atoms with Gasteiger partial charge in [-0.1, -0.05) is 29.8 Å². The first-order chi connectivity index (χ1) is 15.4. The number of nitrogens with zero attached hydrogens (tertiary/aromatic N) is 1. The van der Waals surface area contributed by atoms with Gasteiger partial charge < -0.3 is 19.9 Å². The van der Waals surface area contributed by atoms with Crippen molar-refractivity contribution in [2.75, 3.05) is 12.4 Å². The average Bonchev–Trinajstić information content (AvgIpc) is 2.79. The van der Waals surface area contributed by atoms with Crippen molar-refractivity contribution in [1.29, 1.82) is 0 Å². The summed E-state index contributed by atoms with van der Waals surface area (Å²) in [6.07, 6.45) is 1.49. The Bertz CT molecular complexity index is 1110. The fourth-order valence-corrected chi connectivity index (χ4v) is 2.75. The number of methoxy groups -OCH3 is 1. The van der Waals surface area contributed by atoms with Gasteiger partial charge in [0.05, 0.1) is 18.9 Å². The highest BCUT2D eigenvalue weighted by Gasteiger charge is 2.07. The lowest BCUT2D eigenvalue weighted by Crippen LogP contribution is -2.24. The van der Waals surface area contributed by atoms with Gasteiger partial charge in [-0.2, -0.15) is 5.10 Å². The zero-order valence-corrected chi connectivity index (χ0v) is 17.7. The van der Waals surface area contributed by atoms with Crippen molar-refractivity contribution in [3.63, 3.8) is 0 Å². The average molecular weight is 433 g/mol. The number of carbonyl (C=O) groups excluding carboxylic acids is 1. The molecule has 8 nitrogen and oxygen atoms in total. The van der Waals surface area contributed by atoms with E-state index in [0.29, 0.717) is 22.7 Å². The normalized spacial score (nSPS) is 10.6. The number of aromatic carboxylic acids is 1. The molecule has 0 aromatic heterocycles. The highest BCUT2D eigenvalue weighted by atomic mass is 16.5. The van der Waals surface area contributed by atoms with Crippen LogP contribution in [0.15, 0.2) is 71.8 Å². The molecule has 0 heterocycles. The number of hydrogen-bond donors (Lipinski definition) is 3. The lowest BCUT2D eigenvalue weighted by Gasteiger charge is -2.11. The van der Waals surface area contributed by atoms with Crippen LogP contribution in [0.4, 0.5) is 10.5 Å². The minimum absolute atomic E-state index is 0.219. The lowest BCUT2D eigenvalue weighted by molar-refractivity contribution is 0.0696. The lowest BCUT2D eigenvalue weighted by atomic mass is 10.1. The van der Waals surface area contributed by atoms with E-state index in [9.17, 15) is 9.59 Å². The van der Waals surface area contributed by atoms with E-state index in [4.69, 9.17) is 14.6 Å². The van der Waals surface area contributed by atoms with Gasteiger partial charge in [0.1, 0.15) is 6.61 Å². The van der Waals surface area contributed by atoms with Crippen molar-refractivity contribution in [2.45, 2.75) is 13.5 Å². The second-order valence-electron chi connectivity index (χ2n) is 6.89. The Morgan fingerprint density at radius 1 is 1.00 bits per heavy atom. The number of nitrogens with one attached hydrogen (secondary N) is 2. The molecule has 0 radical (unpaired) electrons. The SMILES string of the molecule is COc1cc(/C=N/NC(=O)Nc2ccc(C)cc2)ccc1OCc1ccc(C(=O)O)cc1. The van der Waals surface area contributed by atoms with E-state index in [1.54, 1.807) is 30.3 Å². The molecule has 8 heteroatoms. The second kappa shape index (κ2) is 10.6. The van der Waals surface area contributed by atoms with Crippen LogP contribution in [-0.4, -0.2) is 30.4 Å². The summed E-state index contributed by atoms with van der Waals surface area (Å²) in [5.74, 6) is 0.0516. The second-order valence-corrected chi connectivity index (χ2v) is 6.89. The van der Waals surface area contributed by atoms with Gasteiger partial charge in [-0.3, -0.25) is 0 Å². The maximum atomic E-state index is 11.9. The third-order valence-corrected chi connectivity index (χ3v) is 4.47. The number of benzene rings is 3. The molecule has 0 aliphatic rings. The van der Waals surface area contributed by atoms with E-state index in [1.165, 1.54) is 25.5 Å². The van der Waals surface area contributed by atoms with Gasteiger partial charge in [0.25, 0.3) is 0 Å². The van der Waals surface area contributed by atoms with E-state index >= 15 is 0 Å². The molecule has 3 rings (SSSR count). The molecule has 0 saturated heterocycles. The summed E-state index contributed by atoms with van der Waals surface area (Å²) in [5.41, 5.74) is 5.93. The summed E-state index contributed by atoms with van der Waals surface area (Å²) in [6.45, 7) is 2.22. The van der Waals surface area contributed by atoms with Gasteiger partial charge in [0, 0.05) is 5.69 Å². The third-order valence-electron chi connectivity index (χ3n) is 4.47. The molecule has 3 aromatic rings. The third kappa shape index (κ3) is 6.33. The van der Waals surface area contributed by atoms with Crippen LogP contribution in [0.25, 0.3) is 0 Å². The number of carbonyl (C=O) groups is 2. The Hall–Kier alpha value is -4.33. The van der Waals surface area contributed by atoms with Gasteiger partial charge in [-0.15, -0.1) is 0 Å². The Morgan fingerprint density at radius 2 is 1.72 bits per heavy atom. The van der Waals surface area contributed by atoms with Crippen LogP contribution in [0, 0.1) is 6.92 Å². The molecule has 0 saturated carbocycles. The number of ether oxygens (including phenoxy) is 2. The number of hydrogen-bond acceptors (Lipinski definition) is 5. The van der Waals surface area contributed by atoms with Crippen LogP contribution in [-0.2, 0) is 6.61 Å². The number of carboxylic acid groups (broad SMARTS) is 1. The fourth-order valence-electron chi connectivity index (χ4n) is 2.75. The number of amides is 2. The number of carboxylic acids is 1. The van der Waals surface area contributed by atoms with Crippen LogP contribution in [0.5, 0.6) is 11.5 Å². The maximum Gasteiger partial charge on any atom is 0.339 e. The van der Waals surface area contributed by atoms with Gasteiger partial charge in [0.2, 0.25) is 0 Å². The highest BCUT2D eigenvalue weighted by molar-refractivity contribution is 5.90. The monoisotopic (exact) mass is 433 g/mol. The fraction of sp³-hybridized carbons (Fsp3) is 0.125. The van der Waals surface area contributed by atoms with Crippen LogP contribution < -0.4 is 20.2 Å². The topological polar surface area (TPSA) is 109 Å². The highest BCUT2D eigenvalue weighted by Crippen LogP contribution is 2.28. The maximum absolute atomic E-state index is 11.9. The van der Waals surface area contributed by atoms with Crippen LogP contribution >= 0.6 is 0 Å². The number of hydrazone groups is 1. The van der Waals surface area contributed by atoms with Crippen LogP contribution in [0.1, 0.15) is 27.0 Å². The number of rotatable bonds is 8. The molecule has 0 bridgehead atoms. The summed E-state index contributed by atoms with van der Waals surface area (Å²) in [5, 5.41) is 15.6. The molecule has 0 atom stereocenters. The van der Waals surface area contributed by atoms with E-state index < -0.39 is 12.0 Å². The summed E-state index contributed by atoms with van der Waals surface area (Å²) >= 11 is 0. The molecule has 0 aliphatic carbocycles. The molecule has 3 N–H and O–H groups in total. The van der Waals surface area contributed by atoms with Crippen LogP contribution in [0.2, 0.25) is 0 Å². The zero-order chi connectivity index (χ0) is 22.9. The number of anilines is 1. The van der Waals surface area contributed by atoms with E-state index in [0.717, 1.165) is 11.1 Å². The minimum Gasteiger partial charge on any atom is -0.493 e. The molecule has 0 unspecified atom stereocenters.